The van der Waals surface area contributed by atoms with Gasteiger partial charge in [0.25, 0.3) is 0 Å². The second-order valence-electron chi connectivity index (χ2n) is 9.29. The largest absolute Gasteiger partial charge is 0.420 e. The summed E-state index contributed by atoms with van der Waals surface area (Å²) in [5, 5.41) is 18.2. The molecular formula is C24H31N5O3S. The van der Waals surface area contributed by atoms with Crippen LogP contribution in [-0.4, -0.2) is 45.3 Å². The molecule has 2 aromatic rings. The monoisotopic (exact) mass is 469 g/mol. The summed E-state index contributed by atoms with van der Waals surface area (Å²) in [6.07, 6.45) is 7.91. The van der Waals surface area contributed by atoms with Gasteiger partial charge in [-0.15, -0.1) is 22.0 Å². The van der Waals surface area contributed by atoms with Gasteiger partial charge in [0, 0.05) is 23.6 Å². The molecule has 2 amide bonds. The first-order chi connectivity index (χ1) is 16.2. The minimum atomic E-state index is -0.185. The zero-order chi connectivity index (χ0) is 22.6. The lowest BCUT2D eigenvalue weighted by Crippen LogP contribution is -2.61. The minimum Gasteiger partial charge on any atom is -0.420 e. The molecule has 0 spiro atoms. The number of nitrogens with zero attached hydrogens (tertiary/aromatic N) is 2. The molecule has 1 aromatic carbocycles. The number of nitrogens with one attached hydrogen (secondary N) is 3. The van der Waals surface area contributed by atoms with Crippen molar-refractivity contribution in [3.8, 4) is 11.5 Å². The van der Waals surface area contributed by atoms with Crippen LogP contribution in [0.2, 0.25) is 0 Å². The molecule has 3 aliphatic rings. The molecule has 5 rings (SSSR count). The lowest BCUT2D eigenvalue weighted by molar-refractivity contribution is -0.129. The van der Waals surface area contributed by atoms with Crippen molar-refractivity contribution in [2.75, 3.05) is 5.75 Å². The topological polar surface area (TPSA) is 109 Å². The van der Waals surface area contributed by atoms with Crippen molar-refractivity contribution in [2.24, 2.45) is 5.92 Å². The molecule has 9 heteroatoms. The van der Waals surface area contributed by atoms with Crippen molar-refractivity contribution in [2.45, 2.75) is 74.9 Å². The van der Waals surface area contributed by atoms with E-state index in [2.05, 4.69) is 26.1 Å². The fraction of sp³-hybridized carbons (Fsp3) is 0.583. The predicted octanol–water partition coefficient (Wildman–Crippen LogP) is 3.17. The average Bonchev–Trinajstić information content (AvgIpc) is 3.34. The highest BCUT2D eigenvalue weighted by Crippen LogP contribution is 2.33. The van der Waals surface area contributed by atoms with E-state index in [-0.39, 0.29) is 41.2 Å². The molecule has 1 aliphatic heterocycles. The highest BCUT2D eigenvalue weighted by Gasteiger charge is 2.37. The number of benzene rings is 1. The summed E-state index contributed by atoms with van der Waals surface area (Å²) in [4.78, 5) is 24.9. The Labute approximate surface area is 198 Å². The van der Waals surface area contributed by atoms with E-state index >= 15 is 0 Å². The molecule has 8 nitrogen and oxygen atoms in total. The average molecular weight is 470 g/mol. The Morgan fingerprint density at radius 2 is 1.85 bits per heavy atom. The van der Waals surface area contributed by atoms with Crippen LogP contribution in [0.5, 0.6) is 0 Å². The molecule has 2 aliphatic carbocycles. The van der Waals surface area contributed by atoms with Crippen LogP contribution in [0.3, 0.4) is 0 Å². The summed E-state index contributed by atoms with van der Waals surface area (Å²) in [6, 6.07) is 10.2. The molecule has 1 saturated heterocycles. The van der Waals surface area contributed by atoms with Gasteiger partial charge >= 0.3 is 0 Å². The molecule has 3 atom stereocenters. The Morgan fingerprint density at radius 1 is 1.06 bits per heavy atom. The Hall–Kier alpha value is -2.39. The van der Waals surface area contributed by atoms with Crippen molar-refractivity contribution in [1.29, 1.82) is 0 Å². The SMILES string of the molecule is O=C(CSC1NC(=O)C2CCCCC2N1)NC1CCC(c2nnc(-c3ccccc3)o2)CC1. The number of amides is 2. The third-order valence-electron chi connectivity index (χ3n) is 7.03. The fourth-order valence-corrected chi connectivity index (χ4v) is 6.09. The molecular weight excluding hydrogens is 438 g/mol. The van der Waals surface area contributed by atoms with Gasteiger partial charge in [0.1, 0.15) is 5.50 Å². The summed E-state index contributed by atoms with van der Waals surface area (Å²) in [7, 11) is 0. The van der Waals surface area contributed by atoms with Crippen LogP contribution in [0.4, 0.5) is 0 Å². The first kappa shape index (κ1) is 22.4. The van der Waals surface area contributed by atoms with Crippen LogP contribution in [-0.2, 0) is 9.59 Å². The normalized spacial score (nSPS) is 29.7. The van der Waals surface area contributed by atoms with Gasteiger partial charge in [0.15, 0.2) is 0 Å². The molecule has 1 aromatic heterocycles. The summed E-state index contributed by atoms with van der Waals surface area (Å²) >= 11 is 1.46. The quantitative estimate of drug-likeness (QED) is 0.596. The van der Waals surface area contributed by atoms with E-state index in [0.717, 1.165) is 50.5 Å². The van der Waals surface area contributed by atoms with E-state index in [1.54, 1.807) is 0 Å². The van der Waals surface area contributed by atoms with Gasteiger partial charge in [-0.2, -0.15) is 0 Å². The first-order valence-corrected chi connectivity index (χ1v) is 13.1. The maximum absolute atomic E-state index is 12.5. The van der Waals surface area contributed by atoms with Crippen LogP contribution in [0.1, 0.15) is 63.2 Å². The molecule has 3 fully saturated rings. The van der Waals surface area contributed by atoms with E-state index in [9.17, 15) is 9.59 Å². The van der Waals surface area contributed by atoms with E-state index in [4.69, 9.17) is 4.42 Å². The zero-order valence-electron chi connectivity index (χ0n) is 18.7. The highest BCUT2D eigenvalue weighted by molar-refractivity contribution is 8.00. The highest BCUT2D eigenvalue weighted by atomic mass is 32.2. The Bertz CT molecular complexity index is 960. The number of rotatable bonds is 6. The number of carbonyl (C=O) groups excluding carboxylic acids is 2. The smallest absolute Gasteiger partial charge is 0.247 e. The van der Waals surface area contributed by atoms with Crippen LogP contribution < -0.4 is 16.0 Å². The zero-order valence-corrected chi connectivity index (χ0v) is 19.5. The number of fused-ring (bicyclic) bond motifs is 1. The van der Waals surface area contributed by atoms with Gasteiger partial charge in [-0.3, -0.25) is 14.9 Å². The van der Waals surface area contributed by atoms with Crippen LogP contribution in [0, 0.1) is 5.92 Å². The Morgan fingerprint density at radius 3 is 2.67 bits per heavy atom. The molecule has 3 N–H and O–H groups in total. The van der Waals surface area contributed by atoms with Gasteiger partial charge < -0.3 is 15.1 Å². The van der Waals surface area contributed by atoms with E-state index in [0.29, 0.717) is 17.5 Å². The van der Waals surface area contributed by atoms with Crippen molar-refractivity contribution >= 4 is 23.6 Å². The summed E-state index contributed by atoms with van der Waals surface area (Å²) in [5.74, 6) is 2.06. The van der Waals surface area contributed by atoms with Crippen molar-refractivity contribution in [3.05, 3.63) is 36.2 Å². The summed E-state index contributed by atoms with van der Waals surface area (Å²) in [6.45, 7) is 0. The first-order valence-electron chi connectivity index (χ1n) is 12.0. The summed E-state index contributed by atoms with van der Waals surface area (Å²) < 4.78 is 5.92. The van der Waals surface area contributed by atoms with E-state index in [1.165, 1.54) is 18.2 Å². The lowest BCUT2D eigenvalue weighted by Gasteiger charge is -2.39. The van der Waals surface area contributed by atoms with Crippen molar-refractivity contribution in [1.82, 2.24) is 26.1 Å². The van der Waals surface area contributed by atoms with E-state index < -0.39 is 0 Å². The molecule has 2 saturated carbocycles. The minimum absolute atomic E-state index is 0.0226. The standard InChI is InChI=1S/C24H31N5O3S/c30-20(14-33-24-26-19-9-5-4-8-18(19)21(31)27-24)25-17-12-10-16(11-13-17)23-29-28-22(32-23)15-6-2-1-3-7-15/h1-3,6-7,16-19,24,26H,4-5,8-14H2,(H,25,30)(H,27,31). The Kier molecular flexibility index (Phi) is 6.96. The number of hydrogen-bond donors (Lipinski definition) is 3. The van der Waals surface area contributed by atoms with E-state index in [1.807, 2.05) is 30.3 Å². The number of aromatic nitrogens is 2. The molecule has 33 heavy (non-hydrogen) atoms. The second-order valence-corrected chi connectivity index (χ2v) is 10.4. The maximum atomic E-state index is 12.5. The molecule has 0 radical (unpaired) electrons. The molecule has 2 heterocycles. The molecule has 176 valence electrons. The third-order valence-corrected chi connectivity index (χ3v) is 8.04. The molecule has 0 bridgehead atoms. The number of thioether (sulfide) groups is 1. The predicted molar refractivity (Wildman–Crippen MR) is 126 cm³/mol. The second kappa shape index (κ2) is 10.3. The third kappa shape index (κ3) is 5.41. The van der Waals surface area contributed by atoms with Crippen LogP contribution in [0.25, 0.3) is 11.5 Å². The Balaban J connectivity index is 1.05. The lowest BCUT2D eigenvalue weighted by atomic mass is 9.83. The fourth-order valence-electron chi connectivity index (χ4n) is 5.22. The van der Waals surface area contributed by atoms with Gasteiger partial charge in [-0.05, 0) is 50.7 Å². The van der Waals surface area contributed by atoms with Gasteiger partial charge in [0.2, 0.25) is 23.6 Å². The van der Waals surface area contributed by atoms with Gasteiger partial charge in [-0.25, -0.2) is 0 Å². The number of hydrogen-bond acceptors (Lipinski definition) is 7. The van der Waals surface area contributed by atoms with Crippen molar-refractivity contribution in [3.63, 3.8) is 0 Å². The number of carbonyl (C=O) groups is 2. The van der Waals surface area contributed by atoms with Crippen LogP contribution in [0.15, 0.2) is 34.7 Å². The maximum Gasteiger partial charge on any atom is 0.247 e. The molecule has 3 unspecified atom stereocenters. The van der Waals surface area contributed by atoms with Crippen LogP contribution >= 0.6 is 11.8 Å². The van der Waals surface area contributed by atoms with Crippen molar-refractivity contribution < 1.29 is 14.0 Å². The summed E-state index contributed by atoms with van der Waals surface area (Å²) in [5.41, 5.74) is 0.743. The van der Waals surface area contributed by atoms with Gasteiger partial charge in [0.05, 0.1) is 11.7 Å². The van der Waals surface area contributed by atoms with Gasteiger partial charge in [-0.1, -0.05) is 31.0 Å².